The molecule has 1 aromatic rings. The Morgan fingerprint density at radius 2 is 2.33 bits per heavy atom. The number of hydrogen-bond donors (Lipinski definition) is 0. The van der Waals surface area contributed by atoms with Gasteiger partial charge >= 0.3 is 0 Å². The number of hydrogen-bond acceptors (Lipinski definition) is 3. The highest BCUT2D eigenvalue weighted by Gasteiger charge is 2.32. The molecule has 0 N–H and O–H groups in total. The molecule has 1 aliphatic heterocycles. The van der Waals surface area contributed by atoms with Crippen LogP contribution in [0.3, 0.4) is 0 Å². The third-order valence-electron chi connectivity index (χ3n) is 3.48. The maximum absolute atomic E-state index is 6.27. The van der Waals surface area contributed by atoms with Crippen molar-refractivity contribution in [1.29, 1.82) is 0 Å². The van der Waals surface area contributed by atoms with Crippen molar-refractivity contribution in [1.82, 2.24) is 4.98 Å². The molecule has 1 aliphatic rings. The molecule has 0 aromatic carbocycles. The van der Waals surface area contributed by atoms with Crippen LogP contribution in [0.1, 0.15) is 25.3 Å². The number of aromatic nitrogens is 1. The Bertz CT molecular complexity index is 427. The number of piperidine rings is 1. The van der Waals surface area contributed by atoms with E-state index in [-0.39, 0.29) is 5.60 Å². The van der Waals surface area contributed by atoms with Crippen molar-refractivity contribution in [2.75, 3.05) is 25.1 Å². The van der Waals surface area contributed by atoms with Gasteiger partial charge < -0.3 is 9.64 Å². The molecule has 1 fully saturated rings. The van der Waals surface area contributed by atoms with E-state index in [4.69, 9.17) is 27.9 Å². The minimum Gasteiger partial charge on any atom is -0.377 e. The number of halogens is 2. The highest BCUT2D eigenvalue weighted by Crippen LogP contribution is 2.31. The van der Waals surface area contributed by atoms with Gasteiger partial charge in [0.25, 0.3) is 0 Å². The Labute approximate surface area is 118 Å². The van der Waals surface area contributed by atoms with Crippen molar-refractivity contribution < 1.29 is 4.74 Å². The van der Waals surface area contributed by atoms with Crippen molar-refractivity contribution in [2.24, 2.45) is 0 Å². The van der Waals surface area contributed by atoms with Crippen LogP contribution in [0.5, 0.6) is 0 Å². The number of pyridine rings is 1. The first-order valence-corrected chi connectivity index (χ1v) is 7.00. The molecule has 1 atom stereocenters. The fraction of sp³-hybridized carbons (Fsp3) is 0.615. The van der Waals surface area contributed by atoms with E-state index < -0.39 is 0 Å². The third-order valence-corrected chi connectivity index (χ3v) is 4.07. The minimum atomic E-state index is -0.117. The van der Waals surface area contributed by atoms with Crippen molar-refractivity contribution in [3.05, 3.63) is 22.8 Å². The van der Waals surface area contributed by atoms with Crippen LogP contribution in [0.15, 0.2) is 12.3 Å². The highest BCUT2D eigenvalue weighted by molar-refractivity contribution is 6.33. The average Bonchev–Trinajstić information content (AvgIpc) is 2.38. The molecule has 5 heteroatoms. The van der Waals surface area contributed by atoms with E-state index in [9.17, 15) is 0 Å². The van der Waals surface area contributed by atoms with Crippen LogP contribution in [0, 0.1) is 0 Å². The van der Waals surface area contributed by atoms with Gasteiger partial charge in [-0.3, -0.25) is 0 Å². The van der Waals surface area contributed by atoms with Gasteiger partial charge in [-0.15, -0.1) is 11.6 Å². The Balaban J connectivity index is 2.21. The van der Waals surface area contributed by atoms with Crippen LogP contribution < -0.4 is 4.90 Å². The second-order valence-corrected chi connectivity index (χ2v) is 5.64. The van der Waals surface area contributed by atoms with Gasteiger partial charge in [-0.25, -0.2) is 4.98 Å². The lowest BCUT2D eigenvalue weighted by atomic mass is 9.95. The van der Waals surface area contributed by atoms with Crippen LogP contribution in [0.4, 0.5) is 5.82 Å². The molecule has 0 amide bonds. The van der Waals surface area contributed by atoms with Gasteiger partial charge in [0.2, 0.25) is 0 Å². The Morgan fingerprint density at radius 3 is 2.94 bits per heavy atom. The summed E-state index contributed by atoms with van der Waals surface area (Å²) in [5.74, 6) is 1.26. The molecular weight excluding hydrogens is 271 g/mol. The smallest absolute Gasteiger partial charge is 0.147 e. The fourth-order valence-electron chi connectivity index (χ4n) is 2.33. The fourth-order valence-corrected chi connectivity index (χ4v) is 2.78. The zero-order valence-corrected chi connectivity index (χ0v) is 12.3. The summed E-state index contributed by atoms with van der Waals surface area (Å²) in [7, 11) is 1.76. The highest BCUT2D eigenvalue weighted by atomic mass is 35.5. The average molecular weight is 289 g/mol. The first-order chi connectivity index (χ1) is 8.58. The van der Waals surface area contributed by atoms with E-state index >= 15 is 0 Å². The van der Waals surface area contributed by atoms with Gasteiger partial charge in [0, 0.05) is 32.3 Å². The molecule has 2 rings (SSSR count). The van der Waals surface area contributed by atoms with Crippen LogP contribution in [-0.2, 0) is 10.6 Å². The zero-order valence-electron chi connectivity index (χ0n) is 10.7. The Morgan fingerprint density at radius 1 is 1.56 bits per heavy atom. The zero-order chi connectivity index (χ0) is 13.2. The van der Waals surface area contributed by atoms with E-state index in [0.717, 1.165) is 37.3 Å². The molecule has 1 aromatic heterocycles. The van der Waals surface area contributed by atoms with Gasteiger partial charge in [-0.1, -0.05) is 11.6 Å². The SMILES string of the molecule is COC1(C)CCCN(c2ncc(CCl)cc2Cl)C1. The van der Waals surface area contributed by atoms with Crippen molar-refractivity contribution in [3.63, 3.8) is 0 Å². The molecule has 1 saturated heterocycles. The van der Waals surface area contributed by atoms with Gasteiger partial charge in [0.05, 0.1) is 10.6 Å². The van der Waals surface area contributed by atoms with Gasteiger partial charge in [0.1, 0.15) is 5.82 Å². The molecule has 0 radical (unpaired) electrons. The summed E-state index contributed by atoms with van der Waals surface area (Å²) >= 11 is 12.0. The lowest BCUT2D eigenvalue weighted by Gasteiger charge is -2.40. The number of nitrogens with zero attached hydrogens (tertiary/aromatic N) is 2. The van der Waals surface area contributed by atoms with E-state index in [1.807, 2.05) is 6.07 Å². The molecule has 0 aliphatic carbocycles. The van der Waals surface area contributed by atoms with Crippen LogP contribution in [-0.4, -0.2) is 30.8 Å². The van der Waals surface area contributed by atoms with Gasteiger partial charge in [-0.2, -0.15) is 0 Å². The Kier molecular flexibility index (Phi) is 4.36. The quantitative estimate of drug-likeness (QED) is 0.797. The molecule has 1 unspecified atom stereocenters. The van der Waals surface area contributed by atoms with E-state index in [2.05, 4.69) is 16.8 Å². The minimum absolute atomic E-state index is 0.117. The molecule has 0 bridgehead atoms. The first kappa shape index (κ1) is 13.9. The van der Waals surface area contributed by atoms with Gasteiger partial charge in [0.15, 0.2) is 0 Å². The lowest BCUT2D eigenvalue weighted by molar-refractivity contribution is -0.00480. The summed E-state index contributed by atoms with van der Waals surface area (Å²) in [6, 6.07) is 1.88. The van der Waals surface area contributed by atoms with Crippen molar-refractivity contribution in [3.8, 4) is 0 Å². The molecule has 2 heterocycles. The predicted octanol–water partition coefficient (Wildman–Crippen LogP) is 3.48. The number of ether oxygens (including phenoxy) is 1. The van der Waals surface area contributed by atoms with Crippen LogP contribution in [0.2, 0.25) is 5.02 Å². The Hall–Kier alpha value is -0.510. The summed E-state index contributed by atoms with van der Waals surface area (Å²) < 4.78 is 5.58. The normalized spacial score (nSPS) is 24.3. The molecule has 3 nitrogen and oxygen atoms in total. The number of anilines is 1. The molecule has 0 spiro atoms. The molecule has 18 heavy (non-hydrogen) atoms. The second-order valence-electron chi connectivity index (χ2n) is 4.96. The van der Waals surface area contributed by atoms with E-state index in [0.29, 0.717) is 10.9 Å². The van der Waals surface area contributed by atoms with Gasteiger partial charge in [-0.05, 0) is 31.4 Å². The summed E-state index contributed by atoms with van der Waals surface area (Å²) in [5.41, 5.74) is 0.825. The summed E-state index contributed by atoms with van der Waals surface area (Å²) in [5, 5.41) is 0.661. The summed E-state index contributed by atoms with van der Waals surface area (Å²) in [6.07, 6.45) is 3.93. The van der Waals surface area contributed by atoms with E-state index in [1.54, 1.807) is 13.3 Å². The predicted molar refractivity (Wildman–Crippen MR) is 75.7 cm³/mol. The standard InChI is InChI=1S/C13H18Cl2N2O/c1-13(18-2)4-3-5-17(9-13)12-11(15)6-10(7-14)8-16-12/h6,8H,3-5,7,9H2,1-2H3. The maximum atomic E-state index is 6.27. The van der Waals surface area contributed by atoms with Crippen LogP contribution in [0.25, 0.3) is 0 Å². The monoisotopic (exact) mass is 288 g/mol. The number of methoxy groups -OCH3 is 1. The van der Waals surface area contributed by atoms with Crippen LogP contribution >= 0.6 is 23.2 Å². The van der Waals surface area contributed by atoms with Crippen molar-refractivity contribution in [2.45, 2.75) is 31.2 Å². The first-order valence-electron chi connectivity index (χ1n) is 6.08. The second kappa shape index (κ2) is 5.64. The molecule has 100 valence electrons. The largest absolute Gasteiger partial charge is 0.377 e. The number of rotatable bonds is 3. The van der Waals surface area contributed by atoms with E-state index in [1.165, 1.54) is 0 Å². The topological polar surface area (TPSA) is 25.4 Å². The van der Waals surface area contributed by atoms with Crippen molar-refractivity contribution >= 4 is 29.0 Å². The lowest BCUT2D eigenvalue weighted by Crippen LogP contribution is -2.47. The molecule has 0 saturated carbocycles. The summed E-state index contributed by atoms with van der Waals surface area (Å²) in [4.78, 5) is 6.61. The third kappa shape index (κ3) is 2.90. The molecular formula is C13H18Cl2N2O. The number of alkyl halides is 1. The summed E-state index contributed by atoms with van der Waals surface area (Å²) in [6.45, 7) is 3.91. The maximum Gasteiger partial charge on any atom is 0.147 e.